The van der Waals surface area contributed by atoms with Crippen molar-refractivity contribution in [1.29, 1.82) is 0 Å². The zero-order valence-corrected chi connectivity index (χ0v) is 14.5. The summed E-state index contributed by atoms with van der Waals surface area (Å²) in [6, 6.07) is 8.52. The fourth-order valence-electron chi connectivity index (χ4n) is 3.08. The second-order valence-corrected chi connectivity index (χ2v) is 5.84. The van der Waals surface area contributed by atoms with Gasteiger partial charge in [0.05, 0.1) is 37.4 Å². The Labute approximate surface area is 152 Å². The second-order valence-electron chi connectivity index (χ2n) is 5.84. The molecule has 2 N–H and O–H groups in total. The lowest BCUT2D eigenvalue weighted by atomic mass is 10.0. The van der Waals surface area contributed by atoms with Gasteiger partial charge in [0.15, 0.2) is 0 Å². The zero-order chi connectivity index (χ0) is 19.8. The Hall–Kier alpha value is -3.16. The number of H-pyrrole nitrogens is 1. The molecule has 3 aromatic rings. The quantitative estimate of drug-likeness (QED) is 0.685. The van der Waals surface area contributed by atoms with Crippen molar-refractivity contribution in [3.63, 3.8) is 0 Å². The number of fused-ring (bicyclic) bond motifs is 1. The van der Waals surface area contributed by atoms with Gasteiger partial charge in [-0.05, 0) is 29.8 Å². The lowest BCUT2D eigenvalue weighted by Crippen LogP contribution is -2.05. The van der Waals surface area contributed by atoms with E-state index in [1.54, 1.807) is 18.2 Å². The van der Waals surface area contributed by atoms with Crippen LogP contribution < -0.4 is 9.47 Å². The summed E-state index contributed by atoms with van der Waals surface area (Å²) in [6.45, 7) is 0. The predicted molar refractivity (Wildman–Crippen MR) is 93.2 cm³/mol. The number of aliphatic carboxylic acids is 1. The minimum Gasteiger partial charge on any atom is -0.497 e. The van der Waals surface area contributed by atoms with Crippen molar-refractivity contribution in [2.24, 2.45) is 0 Å². The monoisotopic (exact) mass is 379 g/mol. The lowest BCUT2D eigenvalue weighted by molar-refractivity contribution is -0.137. The number of halogens is 3. The molecule has 0 saturated carbocycles. The molecule has 0 unspecified atom stereocenters. The summed E-state index contributed by atoms with van der Waals surface area (Å²) in [5.41, 5.74) is -0.117. The number of alkyl halides is 3. The van der Waals surface area contributed by atoms with Crippen LogP contribution >= 0.6 is 0 Å². The van der Waals surface area contributed by atoms with E-state index in [1.807, 2.05) is 0 Å². The van der Waals surface area contributed by atoms with E-state index in [0.29, 0.717) is 17.1 Å². The number of carboxylic acids is 1. The normalized spacial score (nSPS) is 11.6. The van der Waals surface area contributed by atoms with E-state index in [-0.39, 0.29) is 22.2 Å². The van der Waals surface area contributed by atoms with Crippen molar-refractivity contribution in [3.8, 4) is 22.8 Å². The largest absolute Gasteiger partial charge is 0.497 e. The van der Waals surface area contributed by atoms with Gasteiger partial charge in [0, 0.05) is 10.9 Å². The highest BCUT2D eigenvalue weighted by Crippen LogP contribution is 2.41. The summed E-state index contributed by atoms with van der Waals surface area (Å²) >= 11 is 0. The molecule has 1 aromatic heterocycles. The number of hydrogen-bond donors (Lipinski definition) is 2. The van der Waals surface area contributed by atoms with E-state index in [2.05, 4.69) is 4.98 Å². The Balaban J connectivity index is 2.37. The number of rotatable bonds is 5. The summed E-state index contributed by atoms with van der Waals surface area (Å²) in [7, 11) is 2.88. The number of benzene rings is 2. The van der Waals surface area contributed by atoms with Gasteiger partial charge in [-0.2, -0.15) is 13.2 Å². The number of aromatic amines is 1. The van der Waals surface area contributed by atoms with E-state index in [9.17, 15) is 23.1 Å². The Morgan fingerprint density at radius 3 is 2.48 bits per heavy atom. The topological polar surface area (TPSA) is 71.5 Å². The van der Waals surface area contributed by atoms with Gasteiger partial charge in [0.25, 0.3) is 0 Å². The van der Waals surface area contributed by atoms with E-state index < -0.39 is 24.1 Å². The van der Waals surface area contributed by atoms with Crippen LogP contribution in [0.25, 0.3) is 22.2 Å². The molecular weight excluding hydrogens is 363 g/mol. The third-order valence-electron chi connectivity index (χ3n) is 4.25. The highest BCUT2D eigenvalue weighted by atomic mass is 19.4. The van der Waals surface area contributed by atoms with E-state index in [1.165, 1.54) is 26.4 Å². The van der Waals surface area contributed by atoms with Crippen LogP contribution in [-0.2, 0) is 17.4 Å². The molecular formula is C19H16F3NO4. The molecule has 0 saturated heterocycles. The van der Waals surface area contributed by atoms with Gasteiger partial charge in [-0.1, -0.05) is 12.1 Å². The minimum atomic E-state index is -4.58. The fourth-order valence-corrected chi connectivity index (χ4v) is 3.08. The number of carbonyl (C=O) groups is 1. The number of methoxy groups -OCH3 is 2. The van der Waals surface area contributed by atoms with Crippen LogP contribution in [0.15, 0.2) is 36.4 Å². The van der Waals surface area contributed by atoms with Crippen molar-refractivity contribution in [1.82, 2.24) is 4.98 Å². The number of hydrogen-bond acceptors (Lipinski definition) is 3. The number of para-hydroxylation sites is 1. The minimum absolute atomic E-state index is 0.166. The molecule has 5 nitrogen and oxygen atoms in total. The van der Waals surface area contributed by atoms with E-state index >= 15 is 0 Å². The first-order valence-electron chi connectivity index (χ1n) is 7.91. The maximum Gasteiger partial charge on any atom is 0.418 e. The Morgan fingerprint density at radius 2 is 1.89 bits per heavy atom. The molecule has 0 aliphatic rings. The molecule has 0 fully saturated rings. The third kappa shape index (κ3) is 3.42. The Kier molecular flexibility index (Phi) is 4.73. The number of ether oxygens (including phenoxy) is 2. The van der Waals surface area contributed by atoms with Crippen LogP contribution in [0, 0.1) is 0 Å². The van der Waals surface area contributed by atoms with E-state index in [4.69, 9.17) is 9.47 Å². The van der Waals surface area contributed by atoms with Crippen LogP contribution in [0.3, 0.4) is 0 Å². The van der Waals surface area contributed by atoms with Gasteiger partial charge in [0.2, 0.25) is 0 Å². The van der Waals surface area contributed by atoms with E-state index in [0.717, 1.165) is 6.07 Å². The molecule has 0 bridgehead atoms. The van der Waals surface area contributed by atoms with Crippen molar-refractivity contribution < 1.29 is 32.5 Å². The van der Waals surface area contributed by atoms with Gasteiger partial charge in [0.1, 0.15) is 11.5 Å². The molecule has 8 heteroatoms. The number of aromatic nitrogens is 1. The van der Waals surface area contributed by atoms with Crippen molar-refractivity contribution in [2.75, 3.05) is 14.2 Å². The summed E-state index contributed by atoms with van der Waals surface area (Å²) in [5.74, 6) is -0.319. The molecule has 0 spiro atoms. The average Bonchev–Trinajstić information content (AvgIpc) is 2.98. The molecule has 0 atom stereocenters. The third-order valence-corrected chi connectivity index (χ3v) is 4.25. The number of carboxylic acid groups (broad SMARTS) is 1. The van der Waals surface area contributed by atoms with Gasteiger partial charge in [-0.15, -0.1) is 0 Å². The lowest BCUT2D eigenvalue weighted by Gasteiger charge is -2.11. The van der Waals surface area contributed by atoms with Gasteiger partial charge in [-0.3, -0.25) is 4.79 Å². The average molecular weight is 379 g/mol. The maximum atomic E-state index is 13.4. The molecule has 1 heterocycles. The molecule has 0 amide bonds. The van der Waals surface area contributed by atoms with Crippen molar-refractivity contribution in [3.05, 3.63) is 47.5 Å². The molecule has 0 radical (unpaired) electrons. The standard InChI is InChI=1S/C19H16F3NO4/c1-26-10-6-7-15(27-2)13(8-10)17-12(9-16(24)25)11-4-3-5-14(18(11)23-17)19(20,21)22/h3-8,23H,9H2,1-2H3,(H,24,25). The molecule has 142 valence electrons. The smallest absolute Gasteiger partial charge is 0.418 e. The first-order chi connectivity index (χ1) is 12.8. The summed E-state index contributed by atoms with van der Waals surface area (Å²) in [6.07, 6.45) is -5.03. The van der Waals surface area contributed by atoms with Crippen LogP contribution in [-0.4, -0.2) is 30.3 Å². The molecule has 0 aliphatic carbocycles. The maximum absolute atomic E-state index is 13.4. The highest BCUT2D eigenvalue weighted by molar-refractivity contribution is 5.96. The van der Waals surface area contributed by atoms with Crippen molar-refractivity contribution >= 4 is 16.9 Å². The summed E-state index contributed by atoms with van der Waals surface area (Å²) in [5, 5.41) is 9.48. The zero-order valence-electron chi connectivity index (χ0n) is 14.5. The van der Waals surface area contributed by atoms with Gasteiger partial charge < -0.3 is 19.6 Å². The van der Waals surface area contributed by atoms with Crippen LogP contribution in [0.1, 0.15) is 11.1 Å². The van der Waals surface area contributed by atoms with Gasteiger partial charge in [-0.25, -0.2) is 0 Å². The first kappa shape index (κ1) is 18.6. The SMILES string of the molecule is COc1ccc(OC)c(-c2[nH]c3c(C(F)(F)F)cccc3c2CC(=O)O)c1. The number of nitrogens with one attached hydrogen (secondary N) is 1. The highest BCUT2D eigenvalue weighted by Gasteiger charge is 2.34. The predicted octanol–water partition coefficient (Wildman–Crippen LogP) is 4.50. The molecule has 3 rings (SSSR count). The van der Waals surface area contributed by atoms with Crippen LogP contribution in [0.4, 0.5) is 13.2 Å². The Morgan fingerprint density at radius 1 is 1.15 bits per heavy atom. The Bertz CT molecular complexity index is 1010. The summed E-state index contributed by atoms with van der Waals surface area (Å²) in [4.78, 5) is 14.1. The van der Waals surface area contributed by atoms with Crippen LogP contribution in [0.2, 0.25) is 0 Å². The fraction of sp³-hybridized carbons (Fsp3) is 0.211. The van der Waals surface area contributed by atoms with Crippen molar-refractivity contribution in [2.45, 2.75) is 12.6 Å². The molecule has 27 heavy (non-hydrogen) atoms. The second kappa shape index (κ2) is 6.86. The molecule has 2 aromatic carbocycles. The van der Waals surface area contributed by atoms with Gasteiger partial charge >= 0.3 is 12.1 Å². The summed E-state index contributed by atoms with van der Waals surface area (Å²) < 4.78 is 50.7. The van der Waals surface area contributed by atoms with Crippen LogP contribution in [0.5, 0.6) is 11.5 Å². The first-order valence-corrected chi connectivity index (χ1v) is 7.91. The molecule has 0 aliphatic heterocycles.